The van der Waals surface area contributed by atoms with Crippen molar-refractivity contribution in [1.29, 1.82) is 0 Å². The molecule has 2 saturated carbocycles. The Labute approximate surface area is 117 Å². The third kappa shape index (κ3) is 2.53. The number of nitrogens with one attached hydrogen (secondary N) is 1. The van der Waals surface area contributed by atoms with Gasteiger partial charge in [-0.15, -0.1) is 0 Å². The summed E-state index contributed by atoms with van der Waals surface area (Å²) in [5.41, 5.74) is 0.835. The lowest BCUT2D eigenvalue weighted by Crippen LogP contribution is -2.32. The second-order valence-electron chi connectivity index (χ2n) is 6.01. The second kappa shape index (κ2) is 4.89. The lowest BCUT2D eigenvalue weighted by molar-refractivity contribution is -0.384. The second-order valence-corrected chi connectivity index (χ2v) is 6.01. The first-order valence-electron chi connectivity index (χ1n) is 7.09. The zero-order valence-corrected chi connectivity index (χ0v) is 11.4. The van der Waals surface area contributed by atoms with Gasteiger partial charge in [-0.05, 0) is 43.6 Å². The minimum Gasteiger partial charge on any atom is -0.349 e. The number of fused-ring (bicyclic) bond motifs is 1. The highest BCUT2D eigenvalue weighted by Crippen LogP contribution is 2.54. The van der Waals surface area contributed by atoms with Crippen molar-refractivity contribution in [3.63, 3.8) is 0 Å². The van der Waals surface area contributed by atoms with Crippen LogP contribution in [0.25, 0.3) is 0 Å². The highest BCUT2D eigenvalue weighted by molar-refractivity contribution is 5.79. The zero-order chi connectivity index (χ0) is 14.3. The van der Waals surface area contributed by atoms with Crippen LogP contribution in [0.5, 0.6) is 0 Å². The van der Waals surface area contributed by atoms with E-state index in [1.807, 2.05) is 13.0 Å². The molecule has 3 atom stereocenters. The van der Waals surface area contributed by atoms with E-state index in [1.165, 1.54) is 18.6 Å². The fourth-order valence-electron chi connectivity index (χ4n) is 3.25. The van der Waals surface area contributed by atoms with Crippen LogP contribution in [0, 0.1) is 27.9 Å². The number of nitro benzene ring substituents is 1. The van der Waals surface area contributed by atoms with Gasteiger partial charge in [-0.25, -0.2) is 0 Å². The topological polar surface area (TPSA) is 72.2 Å². The maximum Gasteiger partial charge on any atom is 0.269 e. The molecule has 0 spiro atoms. The Morgan fingerprint density at radius 1 is 1.35 bits per heavy atom. The van der Waals surface area contributed by atoms with Crippen molar-refractivity contribution >= 4 is 11.6 Å². The van der Waals surface area contributed by atoms with E-state index in [0.717, 1.165) is 30.2 Å². The van der Waals surface area contributed by atoms with Crippen LogP contribution in [0.1, 0.15) is 37.8 Å². The Morgan fingerprint density at radius 2 is 2.05 bits per heavy atom. The lowest BCUT2D eigenvalue weighted by atomic mass is 10.0. The molecule has 0 aliphatic heterocycles. The van der Waals surface area contributed by atoms with Crippen LogP contribution in [-0.4, -0.2) is 10.8 Å². The Bertz CT molecular complexity index is 548. The molecule has 1 aromatic carbocycles. The number of amides is 1. The Balaban J connectivity index is 1.63. The summed E-state index contributed by atoms with van der Waals surface area (Å²) >= 11 is 0. The Morgan fingerprint density at radius 3 is 2.70 bits per heavy atom. The number of nitro groups is 1. The molecule has 1 N–H and O–H groups in total. The van der Waals surface area contributed by atoms with E-state index >= 15 is 0 Å². The molecular weight excluding hydrogens is 256 g/mol. The molecule has 5 nitrogen and oxygen atoms in total. The van der Waals surface area contributed by atoms with Crippen LogP contribution in [0.4, 0.5) is 5.69 Å². The van der Waals surface area contributed by atoms with Gasteiger partial charge >= 0.3 is 0 Å². The molecule has 0 saturated heterocycles. The maximum atomic E-state index is 12.2. The fraction of sp³-hybridized carbons (Fsp3) is 0.533. The molecule has 3 rings (SSSR count). The van der Waals surface area contributed by atoms with Crippen molar-refractivity contribution < 1.29 is 9.72 Å². The van der Waals surface area contributed by atoms with Gasteiger partial charge in [0.05, 0.1) is 11.0 Å². The van der Waals surface area contributed by atoms with E-state index < -0.39 is 4.92 Å². The van der Waals surface area contributed by atoms with Gasteiger partial charge in [0.15, 0.2) is 0 Å². The highest BCUT2D eigenvalue weighted by Gasteiger charge is 2.48. The number of hydrogen-bond donors (Lipinski definition) is 1. The van der Waals surface area contributed by atoms with Crippen molar-refractivity contribution in [1.82, 2.24) is 5.32 Å². The first-order valence-corrected chi connectivity index (χ1v) is 7.09. The third-order valence-corrected chi connectivity index (χ3v) is 4.55. The van der Waals surface area contributed by atoms with E-state index in [1.54, 1.807) is 6.07 Å². The zero-order valence-electron chi connectivity index (χ0n) is 11.4. The van der Waals surface area contributed by atoms with Gasteiger partial charge in [0.2, 0.25) is 5.91 Å². The predicted molar refractivity (Wildman–Crippen MR) is 74.0 cm³/mol. The largest absolute Gasteiger partial charge is 0.349 e. The van der Waals surface area contributed by atoms with Gasteiger partial charge in [0.25, 0.3) is 5.69 Å². The van der Waals surface area contributed by atoms with Gasteiger partial charge in [0, 0.05) is 18.1 Å². The first-order chi connectivity index (χ1) is 9.54. The molecule has 2 fully saturated rings. The summed E-state index contributed by atoms with van der Waals surface area (Å²) in [5, 5.41) is 13.8. The normalized spacial score (nSPS) is 28.6. The monoisotopic (exact) mass is 274 g/mol. The molecule has 5 heteroatoms. The van der Waals surface area contributed by atoms with Gasteiger partial charge in [-0.1, -0.05) is 12.1 Å². The van der Waals surface area contributed by atoms with Crippen molar-refractivity contribution in [2.75, 3.05) is 0 Å². The molecule has 2 aliphatic carbocycles. The van der Waals surface area contributed by atoms with Crippen LogP contribution in [0.15, 0.2) is 24.3 Å². The van der Waals surface area contributed by atoms with Crippen molar-refractivity contribution in [3.8, 4) is 0 Å². The van der Waals surface area contributed by atoms with Gasteiger partial charge in [-0.3, -0.25) is 14.9 Å². The maximum absolute atomic E-state index is 12.2. The minimum absolute atomic E-state index is 0.0608. The summed E-state index contributed by atoms with van der Waals surface area (Å²) in [6, 6.07) is 6.25. The fourth-order valence-corrected chi connectivity index (χ4v) is 3.25. The molecule has 20 heavy (non-hydrogen) atoms. The predicted octanol–water partition coefficient (Wildman–Crippen LogP) is 2.82. The third-order valence-electron chi connectivity index (χ3n) is 4.55. The summed E-state index contributed by atoms with van der Waals surface area (Å²) in [7, 11) is 0. The number of carbonyl (C=O) groups is 1. The van der Waals surface area contributed by atoms with E-state index in [9.17, 15) is 14.9 Å². The molecule has 3 unspecified atom stereocenters. The Kier molecular flexibility index (Phi) is 3.20. The molecule has 0 radical (unpaired) electrons. The van der Waals surface area contributed by atoms with E-state index in [-0.39, 0.29) is 23.6 Å². The molecule has 1 amide bonds. The SMILES string of the molecule is CC(NC(=O)C1CC2CC2C1)c1cccc([N+](=O)[O-])c1. The first kappa shape index (κ1) is 13.1. The van der Waals surface area contributed by atoms with Gasteiger partial charge in [0.1, 0.15) is 0 Å². The number of rotatable bonds is 4. The lowest BCUT2D eigenvalue weighted by Gasteiger charge is -2.18. The van der Waals surface area contributed by atoms with Crippen LogP contribution in [0.3, 0.4) is 0 Å². The van der Waals surface area contributed by atoms with Crippen molar-refractivity contribution in [2.45, 2.75) is 32.2 Å². The molecular formula is C15H18N2O3. The number of nitrogens with zero attached hydrogens (tertiary/aromatic N) is 1. The van der Waals surface area contributed by atoms with Crippen molar-refractivity contribution in [2.24, 2.45) is 17.8 Å². The van der Waals surface area contributed by atoms with E-state index in [4.69, 9.17) is 0 Å². The van der Waals surface area contributed by atoms with E-state index in [0.29, 0.717) is 0 Å². The summed E-state index contributed by atoms with van der Waals surface area (Å²) in [5.74, 6) is 1.79. The molecule has 1 aromatic rings. The van der Waals surface area contributed by atoms with Crippen LogP contribution in [-0.2, 0) is 4.79 Å². The Hall–Kier alpha value is -1.91. The highest BCUT2D eigenvalue weighted by atomic mass is 16.6. The molecule has 106 valence electrons. The standard InChI is InChI=1S/C15H18N2O3/c1-9(10-3-2-4-14(8-10)17(19)20)16-15(18)13-6-11-5-12(11)7-13/h2-4,8-9,11-13H,5-7H2,1H3,(H,16,18). The average molecular weight is 274 g/mol. The summed E-state index contributed by atoms with van der Waals surface area (Å²) in [6.07, 6.45) is 3.32. The van der Waals surface area contributed by atoms with Gasteiger partial charge in [-0.2, -0.15) is 0 Å². The number of non-ortho nitro benzene ring substituents is 1. The van der Waals surface area contributed by atoms with E-state index in [2.05, 4.69) is 5.32 Å². The number of hydrogen-bond acceptors (Lipinski definition) is 3. The summed E-state index contributed by atoms with van der Waals surface area (Å²) in [4.78, 5) is 22.5. The molecule has 0 bridgehead atoms. The van der Waals surface area contributed by atoms with Gasteiger partial charge < -0.3 is 5.32 Å². The number of carbonyl (C=O) groups excluding carboxylic acids is 1. The van der Waals surface area contributed by atoms with Crippen molar-refractivity contribution in [3.05, 3.63) is 39.9 Å². The molecule has 2 aliphatic rings. The number of benzene rings is 1. The minimum atomic E-state index is -0.414. The summed E-state index contributed by atoms with van der Waals surface area (Å²) < 4.78 is 0. The molecule has 0 aromatic heterocycles. The van der Waals surface area contributed by atoms with Crippen LogP contribution >= 0.6 is 0 Å². The summed E-state index contributed by atoms with van der Waals surface area (Å²) in [6.45, 7) is 1.87. The van der Waals surface area contributed by atoms with Crippen LogP contribution in [0.2, 0.25) is 0 Å². The smallest absolute Gasteiger partial charge is 0.269 e. The molecule has 0 heterocycles. The average Bonchev–Trinajstić information content (AvgIpc) is 3.05. The van der Waals surface area contributed by atoms with Crippen LogP contribution < -0.4 is 5.32 Å². The quantitative estimate of drug-likeness (QED) is 0.677.